The van der Waals surface area contributed by atoms with Gasteiger partial charge in [-0.05, 0) is 118 Å². The standard InChI is InChI=1S/C24H61O9PSi6/c1-35(2,3)28-20-22(29-36(4,5)6)24(31-38(10,11)12)23(30-37(7,8)9)21(25)19-27-34(26,32-39(13,14)15)33-40(16,17)18/h22-24H,19-20H2,1-18H3/t22-,23-,24-/m1/s1. The zero-order valence-corrected chi connectivity index (χ0v) is 35.7. The van der Waals surface area contributed by atoms with Gasteiger partial charge in [-0.3, -0.25) is 9.32 Å². The van der Waals surface area contributed by atoms with Crippen molar-refractivity contribution < 1.29 is 40.0 Å². The van der Waals surface area contributed by atoms with Crippen molar-refractivity contribution in [2.24, 2.45) is 0 Å². The molecule has 0 saturated heterocycles. The smallest absolute Gasteiger partial charge is 0.415 e. The Morgan fingerprint density at radius 3 is 1.30 bits per heavy atom. The van der Waals surface area contributed by atoms with E-state index >= 15 is 0 Å². The molecule has 0 spiro atoms. The SMILES string of the molecule is C[Si](C)(C)OC[C@@H](O[Si](C)(C)C)[C@@H](O[Si](C)(C)C)[C@H](O[Si](C)(C)C)C(=O)COP(=O)(O[Si](C)(C)C)O[Si](C)(C)C. The van der Waals surface area contributed by atoms with E-state index in [9.17, 15) is 9.36 Å². The van der Waals surface area contributed by atoms with Crippen LogP contribution >= 0.6 is 7.82 Å². The minimum absolute atomic E-state index is 0.296. The first-order valence-electron chi connectivity index (χ1n) is 14.2. The summed E-state index contributed by atoms with van der Waals surface area (Å²) in [5.41, 5.74) is 0. The molecule has 0 aliphatic heterocycles. The van der Waals surface area contributed by atoms with E-state index in [1.807, 2.05) is 58.9 Å². The number of rotatable bonds is 19. The summed E-state index contributed by atoms with van der Waals surface area (Å²) >= 11 is 0. The summed E-state index contributed by atoms with van der Waals surface area (Å²) < 4.78 is 57.6. The predicted octanol–water partition coefficient (Wildman–Crippen LogP) is 7.90. The highest BCUT2D eigenvalue weighted by atomic mass is 31.2. The van der Waals surface area contributed by atoms with Gasteiger partial charge in [-0.2, -0.15) is 0 Å². The minimum atomic E-state index is -3.99. The van der Waals surface area contributed by atoms with Crippen LogP contribution in [-0.2, 0) is 40.0 Å². The van der Waals surface area contributed by atoms with E-state index in [0.29, 0.717) is 6.61 Å². The maximum absolute atomic E-state index is 14.0. The lowest BCUT2D eigenvalue weighted by atomic mass is 10.1. The third kappa shape index (κ3) is 20.8. The van der Waals surface area contributed by atoms with Crippen molar-refractivity contribution in [3.8, 4) is 0 Å². The second-order valence-electron chi connectivity index (χ2n) is 16.1. The van der Waals surface area contributed by atoms with Gasteiger partial charge in [-0.1, -0.05) is 0 Å². The van der Waals surface area contributed by atoms with Crippen molar-refractivity contribution in [1.82, 2.24) is 0 Å². The largest absolute Gasteiger partial charge is 0.455 e. The molecule has 0 aromatic carbocycles. The Kier molecular flexibility index (Phi) is 15.1. The summed E-state index contributed by atoms with van der Waals surface area (Å²) in [6.07, 6.45) is -2.22. The summed E-state index contributed by atoms with van der Waals surface area (Å²) in [6.45, 7) is 36.3. The molecular weight excluding hydrogens is 632 g/mol. The van der Waals surface area contributed by atoms with Crippen LogP contribution in [0.25, 0.3) is 0 Å². The van der Waals surface area contributed by atoms with E-state index in [1.165, 1.54) is 0 Å². The molecule has 3 atom stereocenters. The van der Waals surface area contributed by atoms with Gasteiger partial charge in [-0.25, -0.2) is 4.57 Å². The van der Waals surface area contributed by atoms with E-state index in [0.717, 1.165) is 0 Å². The van der Waals surface area contributed by atoms with Gasteiger partial charge < -0.3 is 26.1 Å². The normalized spacial score (nSPS) is 17.1. The highest BCUT2D eigenvalue weighted by Crippen LogP contribution is 2.54. The lowest BCUT2D eigenvalue weighted by molar-refractivity contribution is -0.138. The Bertz CT molecular complexity index is 830. The van der Waals surface area contributed by atoms with Gasteiger partial charge in [0, 0.05) is 0 Å². The van der Waals surface area contributed by atoms with E-state index in [4.69, 9.17) is 30.7 Å². The molecule has 0 aliphatic carbocycles. The van der Waals surface area contributed by atoms with Crippen LogP contribution in [0, 0.1) is 0 Å². The molecule has 0 fully saturated rings. The second kappa shape index (κ2) is 14.8. The summed E-state index contributed by atoms with van der Waals surface area (Å²) in [6, 6.07) is 0. The molecule has 16 heteroatoms. The van der Waals surface area contributed by atoms with Gasteiger partial charge in [-0.15, -0.1) is 0 Å². The van der Waals surface area contributed by atoms with Crippen molar-refractivity contribution in [2.75, 3.05) is 13.2 Å². The van der Waals surface area contributed by atoms with Gasteiger partial charge >= 0.3 is 7.82 Å². The molecule has 0 amide bonds. The third-order valence-corrected chi connectivity index (χ3v) is 14.9. The van der Waals surface area contributed by atoms with Crippen LogP contribution in [-0.4, -0.2) is 87.2 Å². The molecule has 0 unspecified atom stereocenters. The maximum atomic E-state index is 14.0. The van der Waals surface area contributed by atoms with Crippen molar-refractivity contribution >= 4 is 63.5 Å². The van der Waals surface area contributed by atoms with Crippen molar-refractivity contribution in [2.45, 2.75) is 136 Å². The average Bonchev–Trinajstić information content (AvgIpc) is 2.60. The zero-order chi connectivity index (χ0) is 32.2. The highest BCUT2D eigenvalue weighted by molar-refractivity contribution is 7.52. The Morgan fingerprint density at radius 1 is 0.575 bits per heavy atom. The number of hydrogen-bond acceptors (Lipinski definition) is 9. The van der Waals surface area contributed by atoms with Gasteiger partial charge in [0.25, 0.3) is 0 Å². The van der Waals surface area contributed by atoms with E-state index in [2.05, 4.69) is 58.9 Å². The monoisotopic (exact) mass is 692 g/mol. The van der Waals surface area contributed by atoms with Crippen LogP contribution in [0.15, 0.2) is 0 Å². The number of ketones is 1. The molecule has 0 aliphatic rings. The molecule has 0 radical (unpaired) electrons. The fourth-order valence-electron chi connectivity index (χ4n) is 3.39. The summed E-state index contributed by atoms with van der Waals surface area (Å²) in [4.78, 5) is 14.0. The molecule has 9 nitrogen and oxygen atoms in total. The van der Waals surface area contributed by atoms with E-state index < -0.39 is 82.6 Å². The fraction of sp³-hybridized carbons (Fsp3) is 0.958. The van der Waals surface area contributed by atoms with Gasteiger partial charge in [0.1, 0.15) is 18.8 Å². The molecule has 0 rings (SSSR count). The van der Waals surface area contributed by atoms with Crippen molar-refractivity contribution in [3.05, 3.63) is 0 Å². The zero-order valence-electron chi connectivity index (χ0n) is 28.8. The lowest BCUT2D eigenvalue weighted by Crippen LogP contribution is -2.57. The van der Waals surface area contributed by atoms with Crippen LogP contribution in [0.2, 0.25) is 118 Å². The molecule has 0 saturated carbocycles. The van der Waals surface area contributed by atoms with Crippen LogP contribution in [0.3, 0.4) is 0 Å². The molecular formula is C24H61O9PSi6. The molecule has 40 heavy (non-hydrogen) atoms. The summed E-state index contributed by atoms with van der Waals surface area (Å²) in [5, 5.41) is 0. The Morgan fingerprint density at radius 2 is 0.975 bits per heavy atom. The summed E-state index contributed by atoms with van der Waals surface area (Å²) in [7, 11) is -17.1. The number of Topliss-reactive ketones (excluding diaryl/α,β-unsaturated/α-hetero) is 1. The molecule has 240 valence electrons. The second-order valence-corrected chi connectivity index (χ2v) is 45.1. The van der Waals surface area contributed by atoms with Crippen LogP contribution in [0.4, 0.5) is 0 Å². The van der Waals surface area contributed by atoms with E-state index in [-0.39, 0.29) is 5.78 Å². The lowest BCUT2D eigenvalue weighted by Gasteiger charge is -2.41. The number of carbonyl (C=O) groups excluding carboxylic acids is 1. The van der Waals surface area contributed by atoms with Crippen molar-refractivity contribution in [1.29, 1.82) is 0 Å². The van der Waals surface area contributed by atoms with Crippen LogP contribution in [0.5, 0.6) is 0 Å². The average molecular weight is 693 g/mol. The van der Waals surface area contributed by atoms with Crippen LogP contribution < -0.4 is 0 Å². The molecule has 0 aromatic heterocycles. The number of phosphoric acid groups is 1. The molecule has 0 N–H and O–H groups in total. The molecule has 0 bridgehead atoms. The maximum Gasteiger partial charge on any atom is 0.455 e. The van der Waals surface area contributed by atoms with Crippen LogP contribution in [0.1, 0.15) is 0 Å². The highest BCUT2D eigenvalue weighted by Gasteiger charge is 2.45. The van der Waals surface area contributed by atoms with Gasteiger partial charge in [0.2, 0.25) is 0 Å². The molecule has 0 aromatic rings. The topological polar surface area (TPSA) is 98.8 Å². The Balaban J connectivity index is 6.61. The first-order valence-corrected chi connectivity index (χ1v) is 36.1. The van der Waals surface area contributed by atoms with Gasteiger partial charge in [0.15, 0.2) is 55.7 Å². The van der Waals surface area contributed by atoms with Crippen molar-refractivity contribution in [3.63, 3.8) is 0 Å². The fourth-order valence-corrected chi connectivity index (χ4v) is 13.8. The van der Waals surface area contributed by atoms with E-state index in [1.54, 1.807) is 0 Å². The first-order chi connectivity index (χ1) is 17.3. The quantitative estimate of drug-likeness (QED) is 0.0988. The Labute approximate surface area is 252 Å². The minimum Gasteiger partial charge on any atom is -0.415 e. The predicted molar refractivity (Wildman–Crippen MR) is 181 cm³/mol. The van der Waals surface area contributed by atoms with Gasteiger partial charge in [0.05, 0.1) is 12.7 Å². The third-order valence-electron chi connectivity index (χ3n) is 4.27. The summed E-state index contributed by atoms with van der Waals surface area (Å²) in [5.74, 6) is -0.374. The Hall–Kier alpha value is 0.921. The number of hydrogen-bond donors (Lipinski definition) is 0. The number of carbonyl (C=O) groups is 1. The molecule has 0 heterocycles. The first kappa shape index (κ1) is 40.9.